The minimum absolute atomic E-state index is 0. The summed E-state index contributed by atoms with van der Waals surface area (Å²) < 4.78 is 0.869. The normalized spacial score (nSPS) is 11.6. The number of benzene rings is 2. The molecular formula is C23H35IN2O2. The van der Waals surface area contributed by atoms with Crippen LogP contribution in [0.4, 0.5) is 0 Å². The van der Waals surface area contributed by atoms with E-state index in [0.717, 1.165) is 51.0 Å². The van der Waals surface area contributed by atoms with Gasteiger partial charge >= 0.3 is 0 Å². The van der Waals surface area contributed by atoms with Crippen LogP contribution in [-0.2, 0) is 13.1 Å². The van der Waals surface area contributed by atoms with Crippen LogP contribution in [0.1, 0.15) is 33.4 Å². The molecule has 0 atom stereocenters. The maximum atomic E-state index is 10.5. The second-order valence-corrected chi connectivity index (χ2v) is 8.90. The van der Waals surface area contributed by atoms with Gasteiger partial charge in [0.1, 0.15) is 11.5 Å². The zero-order chi connectivity index (χ0) is 20.4. The molecule has 0 saturated heterocycles. The molecule has 2 N–H and O–H groups in total. The van der Waals surface area contributed by atoms with Gasteiger partial charge in [-0.15, -0.1) is 0 Å². The maximum Gasteiger partial charge on any atom is 0.122 e. The van der Waals surface area contributed by atoms with Gasteiger partial charge < -0.3 is 38.7 Å². The number of hydrogen-bond donors (Lipinski definition) is 2. The zero-order valence-corrected chi connectivity index (χ0v) is 20.5. The van der Waals surface area contributed by atoms with Crippen molar-refractivity contribution in [2.45, 2.75) is 40.8 Å². The summed E-state index contributed by atoms with van der Waals surface area (Å²) in [5, 5.41) is 21.1. The summed E-state index contributed by atoms with van der Waals surface area (Å²) in [5.74, 6) is 0.751. The SMILES string of the molecule is Cc1cc(C)c(O)c(CN(CC[N+](C)(C)C)Cc2cc(C)cc(C)c2O)c1.[I-]. The molecule has 0 aromatic heterocycles. The molecule has 0 unspecified atom stereocenters. The van der Waals surface area contributed by atoms with Gasteiger partial charge in [-0.2, -0.15) is 0 Å². The third-order valence-corrected chi connectivity index (χ3v) is 4.92. The average Bonchev–Trinajstić information content (AvgIpc) is 2.53. The van der Waals surface area contributed by atoms with Gasteiger partial charge in [-0.1, -0.05) is 35.4 Å². The molecule has 2 aromatic rings. The molecule has 0 radical (unpaired) electrons. The van der Waals surface area contributed by atoms with Gasteiger partial charge in [0.05, 0.1) is 27.7 Å². The fourth-order valence-electron chi connectivity index (χ4n) is 3.47. The van der Waals surface area contributed by atoms with E-state index >= 15 is 0 Å². The number of quaternary nitrogens is 1. The fourth-order valence-corrected chi connectivity index (χ4v) is 3.47. The van der Waals surface area contributed by atoms with Crippen LogP contribution in [0.3, 0.4) is 0 Å². The van der Waals surface area contributed by atoms with Crippen molar-refractivity contribution >= 4 is 0 Å². The highest BCUT2D eigenvalue weighted by Gasteiger charge is 2.17. The van der Waals surface area contributed by atoms with Crippen LogP contribution in [0, 0.1) is 27.7 Å². The third kappa shape index (κ3) is 6.94. The summed E-state index contributed by atoms with van der Waals surface area (Å²) in [7, 11) is 6.54. The lowest BCUT2D eigenvalue weighted by molar-refractivity contribution is -0.869. The molecule has 0 saturated carbocycles. The van der Waals surface area contributed by atoms with Crippen LogP contribution in [0.2, 0.25) is 0 Å². The first-order valence-corrected chi connectivity index (χ1v) is 9.57. The third-order valence-electron chi connectivity index (χ3n) is 4.92. The molecule has 2 rings (SSSR count). The lowest BCUT2D eigenvalue weighted by Gasteiger charge is -2.30. The second kappa shape index (κ2) is 9.94. The predicted octanol–water partition coefficient (Wildman–Crippen LogP) is 1.04. The second-order valence-electron chi connectivity index (χ2n) is 8.90. The molecule has 0 fully saturated rings. The van der Waals surface area contributed by atoms with Gasteiger partial charge in [0.2, 0.25) is 0 Å². The predicted molar refractivity (Wildman–Crippen MR) is 112 cm³/mol. The van der Waals surface area contributed by atoms with Crippen LogP contribution in [0.25, 0.3) is 0 Å². The van der Waals surface area contributed by atoms with E-state index in [2.05, 4.69) is 52.0 Å². The van der Waals surface area contributed by atoms with Crippen molar-refractivity contribution in [3.05, 3.63) is 57.6 Å². The number of likely N-dealkylation sites (N-methyl/N-ethyl adjacent to an activating group) is 1. The number of phenols is 2. The first kappa shape index (κ1) is 24.7. The molecule has 0 aliphatic heterocycles. The van der Waals surface area contributed by atoms with Crippen LogP contribution in [0.5, 0.6) is 11.5 Å². The van der Waals surface area contributed by atoms with Crippen molar-refractivity contribution in [1.29, 1.82) is 0 Å². The summed E-state index contributed by atoms with van der Waals surface area (Å²) in [4.78, 5) is 2.31. The monoisotopic (exact) mass is 498 g/mol. The summed E-state index contributed by atoms with van der Waals surface area (Å²) in [6.45, 7) is 11.2. The van der Waals surface area contributed by atoms with Crippen molar-refractivity contribution < 1.29 is 38.7 Å². The quantitative estimate of drug-likeness (QED) is 0.443. The van der Waals surface area contributed by atoms with Crippen LogP contribution in [-0.4, -0.2) is 53.8 Å². The van der Waals surface area contributed by atoms with Crippen molar-refractivity contribution in [3.63, 3.8) is 0 Å². The van der Waals surface area contributed by atoms with E-state index in [1.165, 1.54) is 0 Å². The molecule has 4 nitrogen and oxygen atoms in total. The molecule has 0 amide bonds. The Balaban J connectivity index is 0.00000392. The van der Waals surface area contributed by atoms with Crippen molar-refractivity contribution in [2.75, 3.05) is 34.2 Å². The lowest BCUT2D eigenvalue weighted by Crippen LogP contribution is -3.00. The van der Waals surface area contributed by atoms with E-state index < -0.39 is 0 Å². The minimum Gasteiger partial charge on any atom is -1.00 e. The number of hydrogen-bond acceptors (Lipinski definition) is 3. The van der Waals surface area contributed by atoms with Gasteiger partial charge in [-0.05, 0) is 38.8 Å². The highest BCUT2D eigenvalue weighted by Crippen LogP contribution is 2.28. The van der Waals surface area contributed by atoms with Crippen molar-refractivity contribution in [2.24, 2.45) is 0 Å². The van der Waals surface area contributed by atoms with Gasteiger partial charge in [0.15, 0.2) is 0 Å². The number of rotatable bonds is 7. The molecule has 5 heteroatoms. The molecule has 0 aliphatic rings. The Morgan fingerprint density at radius 3 is 1.50 bits per heavy atom. The van der Waals surface area contributed by atoms with Crippen molar-refractivity contribution in [3.8, 4) is 11.5 Å². The highest BCUT2D eigenvalue weighted by atomic mass is 127. The van der Waals surface area contributed by atoms with E-state index in [1.807, 2.05) is 26.0 Å². The standard InChI is InChI=1S/C23H34N2O2.HI/c1-16-10-18(3)22(26)20(12-16)14-24(8-9-25(5,6)7)15-21-13-17(2)11-19(4)23(21)27;/h10-13H,8-9,14-15H2,1-7H3,(H-,26,27);1H. The van der Waals surface area contributed by atoms with E-state index in [0.29, 0.717) is 24.6 Å². The van der Waals surface area contributed by atoms with E-state index in [1.54, 1.807) is 0 Å². The molecular weight excluding hydrogens is 463 g/mol. The Morgan fingerprint density at radius 2 is 1.14 bits per heavy atom. The molecule has 156 valence electrons. The Bertz CT molecular complexity index is 754. The van der Waals surface area contributed by atoms with Gasteiger partial charge in [-0.3, -0.25) is 4.90 Å². The summed E-state index contributed by atoms with van der Waals surface area (Å²) in [6.07, 6.45) is 0. The van der Waals surface area contributed by atoms with Gasteiger partial charge in [0, 0.05) is 30.8 Å². The molecule has 0 bridgehead atoms. The van der Waals surface area contributed by atoms with Crippen LogP contribution in [0.15, 0.2) is 24.3 Å². The Morgan fingerprint density at radius 1 is 0.750 bits per heavy atom. The smallest absolute Gasteiger partial charge is 0.122 e. The Labute approximate surface area is 187 Å². The molecule has 0 spiro atoms. The van der Waals surface area contributed by atoms with Gasteiger partial charge in [-0.25, -0.2) is 0 Å². The number of aryl methyl sites for hydroxylation is 4. The molecule has 28 heavy (non-hydrogen) atoms. The Kier molecular flexibility index (Phi) is 8.78. The minimum atomic E-state index is 0. The number of phenolic OH excluding ortho intramolecular Hbond substituents is 2. The van der Waals surface area contributed by atoms with E-state index in [4.69, 9.17) is 0 Å². The summed E-state index contributed by atoms with van der Waals surface area (Å²) in [6, 6.07) is 8.13. The van der Waals surface area contributed by atoms with E-state index in [-0.39, 0.29) is 24.0 Å². The molecule has 0 aliphatic carbocycles. The van der Waals surface area contributed by atoms with Crippen LogP contribution < -0.4 is 24.0 Å². The number of nitrogens with zero attached hydrogens (tertiary/aromatic N) is 2. The average molecular weight is 498 g/mol. The zero-order valence-electron chi connectivity index (χ0n) is 18.3. The fraction of sp³-hybridized carbons (Fsp3) is 0.478. The highest BCUT2D eigenvalue weighted by molar-refractivity contribution is 5.44. The number of halogens is 1. The lowest BCUT2D eigenvalue weighted by atomic mass is 10.0. The molecule has 0 heterocycles. The van der Waals surface area contributed by atoms with Crippen LogP contribution >= 0.6 is 0 Å². The van der Waals surface area contributed by atoms with Gasteiger partial charge in [0.25, 0.3) is 0 Å². The summed E-state index contributed by atoms with van der Waals surface area (Å²) >= 11 is 0. The van der Waals surface area contributed by atoms with E-state index in [9.17, 15) is 10.2 Å². The maximum absolute atomic E-state index is 10.5. The van der Waals surface area contributed by atoms with Crippen molar-refractivity contribution in [1.82, 2.24) is 4.90 Å². The number of aromatic hydroxyl groups is 2. The first-order valence-electron chi connectivity index (χ1n) is 9.57. The Hall–Kier alpha value is -1.31. The summed E-state index contributed by atoms with van der Waals surface area (Å²) in [5.41, 5.74) is 6.01. The first-order chi connectivity index (χ1) is 12.5. The molecule has 2 aromatic carbocycles. The largest absolute Gasteiger partial charge is 1.00 e. The topological polar surface area (TPSA) is 43.7 Å².